The fourth-order valence-electron chi connectivity index (χ4n) is 2.66. The zero-order chi connectivity index (χ0) is 14.6. The van der Waals surface area contributed by atoms with E-state index in [0.717, 1.165) is 31.9 Å². The maximum Gasteiger partial charge on any atom is 0.238 e. The first-order valence-electron chi connectivity index (χ1n) is 7.09. The van der Waals surface area contributed by atoms with E-state index in [2.05, 4.69) is 17.1 Å². The van der Waals surface area contributed by atoms with Gasteiger partial charge in [-0.3, -0.25) is 0 Å². The summed E-state index contributed by atoms with van der Waals surface area (Å²) >= 11 is 0. The maximum atomic E-state index is 11.3. The number of nitrogens with two attached hydrogens (primary N) is 1. The van der Waals surface area contributed by atoms with E-state index in [0.29, 0.717) is 5.92 Å². The SMILES string of the molecule is CCN(CC1CCCNC1)c1ccc(S(N)(=O)=O)cc1. The molecule has 20 heavy (non-hydrogen) atoms. The van der Waals surface area contributed by atoms with E-state index in [1.165, 1.54) is 12.8 Å². The first-order chi connectivity index (χ1) is 9.50. The highest BCUT2D eigenvalue weighted by atomic mass is 32.2. The maximum absolute atomic E-state index is 11.3. The summed E-state index contributed by atoms with van der Waals surface area (Å²) in [5, 5.41) is 8.54. The average molecular weight is 297 g/mol. The lowest BCUT2D eigenvalue weighted by molar-refractivity contribution is 0.378. The van der Waals surface area contributed by atoms with Gasteiger partial charge in [0.15, 0.2) is 0 Å². The van der Waals surface area contributed by atoms with Gasteiger partial charge in [-0.25, -0.2) is 13.6 Å². The molecule has 1 unspecified atom stereocenters. The van der Waals surface area contributed by atoms with Crippen LogP contribution in [0.2, 0.25) is 0 Å². The molecule has 1 aromatic rings. The molecule has 1 fully saturated rings. The summed E-state index contributed by atoms with van der Waals surface area (Å²) in [4.78, 5) is 2.45. The van der Waals surface area contributed by atoms with Gasteiger partial charge in [0.05, 0.1) is 4.90 Å². The molecule has 112 valence electrons. The summed E-state index contributed by atoms with van der Waals surface area (Å²) < 4.78 is 22.5. The van der Waals surface area contributed by atoms with Crippen LogP contribution in [0.25, 0.3) is 0 Å². The molecule has 3 N–H and O–H groups in total. The number of anilines is 1. The molecule has 1 aromatic carbocycles. The summed E-state index contributed by atoms with van der Waals surface area (Å²) in [5.74, 6) is 0.654. The molecule has 0 amide bonds. The molecule has 0 saturated carbocycles. The van der Waals surface area contributed by atoms with E-state index in [4.69, 9.17) is 5.14 Å². The van der Waals surface area contributed by atoms with Crippen LogP contribution in [0.5, 0.6) is 0 Å². The summed E-state index contributed by atoms with van der Waals surface area (Å²) in [6, 6.07) is 6.82. The minimum atomic E-state index is -3.61. The van der Waals surface area contributed by atoms with Crippen molar-refractivity contribution in [1.29, 1.82) is 0 Å². The van der Waals surface area contributed by atoms with Crippen LogP contribution in [0, 0.1) is 5.92 Å². The minimum absolute atomic E-state index is 0.164. The number of piperidine rings is 1. The summed E-state index contributed by atoms with van der Waals surface area (Å²) in [7, 11) is -3.61. The van der Waals surface area contributed by atoms with Crippen molar-refractivity contribution >= 4 is 15.7 Å². The van der Waals surface area contributed by atoms with Gasteiger partial charge in [-0.15, -0.1) is 0 Å². The molecule has 0 spiro atoms. The molecule has 6 heteroatoms. The van der Waals surface area contributed by atoms with Crippen LogP contribution < -0.4 is 15.4 Å². The Kier molecular flexibility index (Phi) is 5.01. The van der Waals surface area contributed by atoms with E-state index >= 15 is 0 Å². The molecular formula is C14H23N3O2S. The molecule has 1 saturated heterocycles. The van der Waals surface area contributed by atoms with E-state index in [9.17, 15) is 8.42 Å². The number of rotatable bonds is 5. The number of hydrogen-bond donors (Lipinski definition) is 2. The van der Waals surface area contributed by atoms with Crippen LogP contribution in [0.1, 0.15) is 19.8 Å². The fourth-order valence-corrected chi connectivity index (χ4v) is 3.17. The van der Waals surface area contributed by atoms with Gasteiger partial charge in [-0.2, -0.15) is 0 Å². The Hall–Kier alpha value is -1.11. The highest BCUT2D eigenvalue weighted by molar-refractivity contribution is 7.89. The summed E-state index contributed by atoms with van der Waals surface area (Å²) in [5.41, 5.74) is 1.05. The number of nitrogens with zero attached hydrogens (tertiary/aromatic N) is 1. The van der Waals surface area contributed by atoms with Crippen molar-refractivity contribution in [3.8, 4) is 0 Å². The minimum Gasteiger partial charge on any atom is -0.371 e. The van der Waals surface area contributed by atoms with Gasteiger partial charge in [0, 0.05) is 18.8 Å². The quantitative estimate of drug-likeness (QED) is 0.855. The predicted octanol–water partition coefficient (Wildman–Crippen LogP) is 1.16. The molecule has 0 bridgehead atoms. The topological polar surface area (TPSA) is 75.4 Å². The van der Waals surface area contributed by atoms with Crippen molar-refractivity contribution < 1.29 is 8.42 Å². The van der Waals surface area contributed by atoms with Gasteiger partial charge >= 0.3 is 0 Å². The number of primary sulfonamides is 1. The van der Waals surface area contributed by atoms with Gasteiger partial charge in [-0.1, -0.05) is 0 Å². The Morgan fingerprint density at radius 1 is 1.35 bits per heavy atom. The van der Waals surface area contributed by atoms with E-state index < -0.39 is 10.0 Å². The van der Waals surface area contributed by atoms with Crippen molar-refractivity contribution in [1.82, 2.24) is 5.32 Å². The Morgan fingerprint density at radius 2 is 2.05 bits per heavy atom. The summed E-state index contributed by atoms with van der Waals surface area (Å²) in [6.45, 7) is 6.20. The Labute approximate surface area is 121 Å². The van der Waals surface area contributed by atoms with Gasteiger partial charge in [0.25, 0.3) is 0 Å². The van der Waals surface area contributed by atoms with E-state index in [1.807, 2.05) is 12.1 Å². The van der Waals surface area contributed by atoms with Crippen LogP contribution in [0.4, 0.5) is 5.69 Å². The number of hydrogen-bond acceptors (Lipinski definition) is 4. The lowest BCUT2D eigenvalue weighted by atomic mass is 9.99. The Balaban J connectivity index is 2.07. The van der Waals surface area contributed by atoms with Crippen molar-refractivity contribution in [2.45, 2.75) is 24.7 Å². The largest absolute Gasteiger partial charge is 0.371 e. The summed E-state index contributed by atoms with van der Waals surface area (Å²) in [6.07, 6.45) is 2.48. The van der Waals surface area contributed by atoms with Gasteiger partial charge in [-0.05, 0) is 63.0 Å². The Bertz CT molecular complexity index is 522. The second-order valence-electron chi connectivity index (χ2n) is 5.29. The standard InChI is InChI=1S/C14H23N3O2S/c1-2-17(11-12-4-3-9-16-10-12)13-5-7-14(8-6-13)20(15,18)19/h5-8,12,16H,2-4,9-11H2,1H3,(H2,15,18,19). The molecule has 2 rings (SSSR count). The normalized spacial score (nSPS) is 19.8. The molecular weight excluding hydrogens is 274 g/mol. The molecule has 0 aromatic heterocycles. The lowest BCUT2D eigenvalue weighted by Gasteiger charge is -2.31. The molecule has 5 nitrogen and oxygen atoms in total. The molecule has 1 heterocycles. The van der Waals surface area contributed by atoms with Crippen molar-refractivity contribution in [3.05, 3.63) is 24.3 Å². The zero-order valence-corrected chi connectivity index (χ0v) is 12.7. The first kappa shape index (κ1) is 15.3. The van der Waals surface area contributed by atoms with Crippen molar-refractivity contribution in [3.63, 3.8) is 0 Å². The van der Waals surface area contributed by atoms with Gasteiger partial charge < -0.3 is 10.2 Å². The van der Waals surface area contributed by atoms with Crippen molar-refractivity contribution in [2.24, 2.45) is 11.1 Å². The van der Waals surface area contributed by atoms with Crippen LogP contribution >= 0.6 is 0 Å². The number of sulfonamides is 1. The second-order valence-corrected chi connectivity index (χ2v) is 6.85. The van der Waals surface area contributed by atoms with Crippen LogP contribution in [-0.2, 0) is 10.0 Å². The van der Waals surface area contributed by atoms with E-state index in [1.54, 1.807) is 12.1 Å². The third-order valence-corrected chi connectivity index (χ3v) is 4.72. The third kappa shape index (κ3) is 3.94. The number of nitrogens with one attached hydrogen (secondary N) is 1. The molecule has 1 aliphatic rings. The predicted molar refractivity (Wildman–Crippen MR) is 81.3 cm³/mol. The smallest absolute Gasteiger partial charge is 0.238 e. The average Bonchev–Trinajstić information content (AvgIpc) is 2.45. The monoisotopic (exact) mass is 297 g/mol. The Morgan fingerprint density at radius 3 is 2.55 bits per heavy atom. The molecule has 1 aliphatic heterocycles. The molecule has 0 aliphatic carbocycles. The molecule has 0 radical (unpaired) electrons. The first-order valence-corrected chi connectivity index (χ1v) is 8.64. The van der Waals surface area contributed by atoms with Gasteiger partial charge in [0.2, 0.25) is 10.0 Å². The highest BCUT2D eigenvalue weighted by Crippen LogP contribution is 2.20. The zero-order valence-electron chi connectivity index (χ0n) is 11.9. The fraction of sp³-hybridized carbons (Fsp3) is 0.571. The van der Waals surface area contributed by atoms with E-state index in [-0.39, 0.29) is 4.90 Å². The van der Waals surface area contributed by atoms with Crippen LogP contribution in [0.15, 0.2) is 29.2 Å². The number of benzene rings is 1. The van der Waals surface area contributed by atoms with Crippen molar-refractivity contribution in [2.75, 3.05) is 31.1 Å². The van der Waals surface area contributed by atoms with Crippen LogP contribution in [0.3, 0.4) is 0 Å². The molecule has 1 atom stereocenters. The lowest BCUT2D eigenvalue weighted by Crippen LogP contribution is -2.38. The van der Waals surface area contributed by atoms with Gasteiger partial charge in [0.1, 0.15) is 0 Å². The third-order valence-electron chi connectivity index (χ3n) is 3.79. The van der Waals surface area contributed by atoms with Crippen LogP contribution in [-0.4, -0.2) is 34.6 Å². The highest BCUT2D eigenvalue weighted by Gasteiger charge is 2.17. The second kappa shape index (κ2) is 6.56.